The van der Waals surface area contributed by atoms with Gasteiger partial charge in [0.2, 0.25) is 0 Å². The Morgan fingerprint density at radius 3 is 1.50 bits per heavy atom. The van der Waals surface area contributed by atoms with Crippen LogP contribution in [-0.2, 0) is 4.43 Å². The van der Waals surface area contributed by atoms with E-state index < -0.39 is 9.36 Å². The maximum Gasteiger partial charge on any atom is 0.342 e. The summed E-state index contributed by atoms with van der Waals surface area (Å²) < 4.78 is 12.1. The van der Waals surface area contributed by atoms with Crippen LogP contribution < -0.4 is 0 Å². The first-order valence-corrected chi connectivity index (χ1v) is 10.2. The third-order valence-electron chi connectivity index (χ3n) is 4.30. The van der Waals surface area contributed by atoms with Gasteiger partial charge in [-0.25, -0.2) is 0 Å². The van der Waals surface area contributed by atoms with E-state index in [-0.39, 0.29) is 22.1 Å². The quantitative estimate of drug-likeness (QED) is 0.673. The highest BCUT2D eigenvalue weighted by molar-refractivity contribution is 6.47. The topological polar surface area (TPSA) is 15.7 Å². The van der Waals surface area contributed by atoms with E-state index in [0.29, 0.717) is 6.04 Å². The number of nitrogens with zero attached hydrogens (tertiary/aromatic N) is 2. The van der Waals surface area contributed by atoms with Crippen LogP contribution in [0.25, 0.3) is 0 Å². The molecular formula is C18H40N2OSi. The summed E-state index contributed by atoms with van der Waals surface area (Å²) in [6.07, 6.45) is 0. The number of hydrogen-bond acceptors (Lipinski definition) is 3. The van der Waals surface area contributed by atoms with Gasteiger partial charge in [0.1, 0.15) is 0 Å². The molecule has 0 radical (unpaired) electrons. The van der Waals surface area contributed by atoms with Crippen molar-refractivity contribution in [3.63, 3.8) is 0 Å². The molecule has 0 saturated carbocycles. The average molecular weight is 329 g/mol. The fourth-order valence-electron chi connectivity index (χ4n) is 3.20. The standard InChI is InChI=1S/C18H40N2OSi/c1-15(2,3)14-13-19(16(4,5)6)22(21-18(10,11)12)20(14)17(7,8)9/h14,22H,13H2,1-12H3. The van der Waals surface area contributed by atoms with Crippen molar-refractivity contribution in [3.05, 3.63) is 0 Å². The van der Waals surface area contributed by atoms with Crippen LogP contribution >= 0.6 is 0 Å². The van der Waals surface area contributed by atoms with Crippen LogP contribution in [0, 0.1) is 5.41 Å². The molecule has 0 spiro atoms. The van der Waals surface area contributed by atoms with Crippen molar-refractivity contribution in [1.29, 1.82) is 0 Å². The molecule has 0 N–H and O–H groups in total. The largest absolute Gasteiger partial charge is 0.389 e. The maximum atomic E-state index is 6.69. The van der Waals surface area contributed by atoms with Crippen molar-refractivity contribution in [2.75, 3.05) is 6.54 Å². The molecule has 22 heavy (non-hydrogen) atoms. The van der Waals surface area contributed by atoms with E-state index in [0.717, 1.165) is 6.54 Å². The second kappa shape index (κ2) is 5.87. The van der Waals surface area contributed by atoms with Crippen LogP contribution in [0.4, 0.5) is 0 Å². The van der Waals surface area contributed by atoms with E-state index in [1.807, 2.05) is 0 Å². The summed E-state index contributed by atoms with van der Waals surface area (Å²) in [6, 6.07) is 0.533. The van der Waals surface area contributed by atoms with Gasteiger partial charge < -0.3 is 4.43 Å². The van der Waals surface area contributed by atoms with Gasteiger partial charge in [0.25, 0.3) is 0 Å². The molecular weight excluding hydrogens is 288 g/mol. The van der Waals surface area contributed by atoms with E-state index in [4.69, 9.17) is 4.43 Å². The van der Waals surface area contributed by atoms with Gasteiger partial charge in [-0.3, -0.25) is 9.13 Å². The predicted molar refractivity (Wildman–Crippen MR) is 99.3 cm³/mol. The normalized spacial score (nSPS) is 26.7. The predicted octanol–water partition coefficient (Wildman–Crippen LogP) is 4.15. The van der Waals surface area contributed by atoms with Gasteiger partial charge in [0, 0.05) is 23.7 Å². The third-order valence-corrected chi connectivity index (χ3v) is 8.35. The Morgan fingerprint density at radius 1 is 0.773 bits per heavy atom. The summed E-state index contributed by atoms with van der Waals surface area (Å²) in [7, 11) is -1.68. The van der Waals surface area contributed by atoms with Gasteiger partial charge in [-0.05, 0) is 67.7 Å². The minimum Gasteiger partial charge on any atom is -0.389 e. The molecule has 2 unspecified atom stereocenters. The zero-order valence-electron chi connectivity index (χ0n) is 17.2. The summed E-state index contributed by atoms with van der Waals surface area (Å²) in [5, 5.41) is 0. The molecule has 132 valence electrons. The van der Waals surface area contributed by atoms with Crippen LogP contribution in [0.15, 0.2) is 0 Å². The molecule has 0 bridgehead atoms. The van der Waals surface area contributed by atoms with Gasteiger partial charge in [0.05, 0.1) is 5.60 Å². The van der Waals surface area contributed by atoms with Gasteiger partial charge in [0.15, 0.2) is 0 Å². The first-order chi connectivity index (χ1) is 9.44. The lowest BCUT2D eigenvalue weighted by molar-refractivity contribution is 0.0562. The SMILES string of the molecule is CC(C)(C)O[SiH]1N(C(C)(C)C)CC(C(C)(C)C)N1C(C)(C)C. The summed E-state index contributed by atoms with van der Waals surface area (Å²) in [5.41, 5.74) is 0.419. The first kappa shape index (κ1) is 20.1. The molecule has 4 heteroatoms. The molecule has 0 aliphatic carbocycles. The molecule has 1 saturated heterocycles. The van der Waals surface area contributed by atoms with E-state index in [1.165, 1.54) is 0 Å². The van der Waals surface area contributed by atoms with Crippen molar-refractivity contribution < 1.29 is 4.43 Å². The molecule has 1 aliphatic rings. The molecule has 0 aromatic heterocycles. The fraction of sp³-hybridized carbons (Fsp3) is 1.00. The average Bonchev–Trinajstić information content (AvgIpc) is 2.51. The number of rotatable bonds is 1. The van der Waals surface area contributed by atoms with Gasteiger partial charge in [-0.15, -0.1) is 0 Å². The summed E-state index contributed by atoms with van der Waals surface area (Å²) in [6.45, 7) is 28.8. The Hall–Kier alpha value is 0.0969. The lowest BCUT2D eigenvalue weighted by atomic mass is 9.84. The van der Waals surface area contributed by atoms with Crippen molar-refractivity contribution in [1.82, 2.24) is 9.13 Å². The highest BCUT2D eigenvalue weighted by Gasteiger charge is 2.54. The zero-order chi connectivity index (χ0) is 17.7. The van der Waals surface area contributed by atoms with Crippen LogP contribution in [0.1, 0.15) is 83.1 Å². The highest BCUT2D eigenvalue weighted by atomic mass is 28.3. The Kier molecular flexibility index (Phi) is 5.38. The number of hydrogen-bond donors (Lipinski definition) is 0. The molecule has 1 heterocycles. The summed E-state index contributed by atoms with van der Waals surface area (Å²) in [4.78, 5) is 0. The van der Waals surface area contributed by atoms with Crippen LogP contribution in [0.3, 0.4) is 0 Å². The van der Waals surface area contributed by atoms with E-state index in [9.17, 15) is 0 Å². The second-order valence-corrected chi connectivity index (χ2v) is 12.9. The van der Waals surface area contributed by atoms with Crippen molar-refractivity contribution in [2.24, 2.45) is 5.41 Å². The van der Waals surface area contributed by atoms with Crippen LogP contribution in [0.5, 0.6) is 0 Å². The maximum absolute atomic E-state index is 6.69. The molecule has 0 amide bonds. The van der Waals surface area contributed by atoms with Crippen LogP contribution in [0.2, 0.25) is 0 Å². The lowest BCUT2D eigenvalue weighted by Gasteiger charge is -2.46. The smallest absolute Gasteiger partial charge is 0.342 e. The molecule has 2 atom stereocenters. The van der Waals surface area contributed by atoms with Crippen molar-refractivity contribution >= 4 is 9.36 Å². The third kappa shape index (κ3) is 4.79. The van der Waals surface area contributed by atoms with Crippen LogP contribution in [-0.4, -0.2) is 47.8 Å². The molecule has 1 rings (SSSR count). The van der Waals surface area contributed by atoms with E-state index in [2.05, 4.69) is 92.2 Å². The highest BCUT2D eigenvalue weighted by Crippen LogP contribution is 2.40. The summed E-state index contributed by atoms with van der Waals surface area (Å²) in [5.74, 6) is 0. The Bertz CT molecular complexity index is 382. The monoisotopic (exact) mass is 328 g/mol. The van der Waals surface area contributed by atoms with Gasteiger partial charge in [-0.1, -0.05) is 20.8 Å². The zero-order valence-corrected chi connectivity index (χ0v) is 18.3. The Labute approximate surface area is 141 Å². The lowest BCUT2D eigenvalue weighted by Crippen LogP contribution is -2.62. The van der Waals surface area contributed by atoms with Crippen molar-refractivity contribution in [3.8, 4) is 0 Å². The molecule has 0 aromatic carbocycles. The van der Waals surface area contributed by atoms with Crippen molar-refractivity contribution in [2.45, 2.75) is 106 Å². The minimum absolute atomic E-state index is 0.101. The Morgan fingerprint density at radius 2 is 1.23 bits per heavy atom. The van der Waals surface area contributed by atoms with E-state index in [1.54, 1.807) is 0 Å². The van der Waals surface area contributed by atoms with Gasteiger partial charge >= 0.3 is 9.36 Å². The fourth-order valence-corrected chi connectivity index (χ4v) is 6.93. The van der Waals surface area contributed by atoms with E-state index >= 15 is 0 Å². The molecule has 0 aromatic rings. The summed E-state index contributed by atoms with van der Waals surface area (Å²) >= 11 is 0. The first-order valence-electron chi connectivity index (χ1n) is 8.67. The van der Waals surface area contributed by atoms with Gasteiger partial charge in [-0.2, -0.15) is 0 Å². The second-order valence-electron chi connectivity index (χ2n) is 10.8. The molecule has 1 aliphatic heterocycles. The Balaban J connectivity index is 3.33. The molecule has 1 fully saturated rings. The molecule has 3 nitrogen and oxygen atoms in total. The minimum atomic E-state index is -1.68.